The summed E-state index contributed by atoms with van der Waals surface area (Å²) >= 11 is 0. The molecule has 0 aromatic heterocycles. The smallest absolute Gasteiger partial charge is 0.267 e. The van der Waals surface area contributed by atoms with E-state index in [1.54, 1.807) is 0 Å². The number of likely N-dealkylation sites (tertiary alicyclic amines) is 1. The van der Waals surface area contributed by atoms with E-state index < -0.39 is 20.2 Å². The van der Waals surface area contributed by atoms with Gasteiger partial charge in [-0.25, -0.2) is 0 Å². The van der Waals surface area contributed by atoms with Gasteiger partial charge in [-0.1, -0.05) is 17.4 Å². The SMILES string of the molecule is C=CS(=O)(=O)OCCC[N+]1(OS(=O)(=O)C=C)CCCC1. The van der Waals surface area contributed by atoms with Crippen LogP contribution in [-0.2, 0) is 28.7 Å². The summed E-state index contributed by atoms with van der Waals surface area (Å²) in [5.74, 6) is 0. The molecule has 0 saturated carbocycles. The Morgan fingerprint density at radius 2 is 1.55 bits per heavy atom. The number of hydrogen-bond acceptors (Lipinski definition) is 6. The molecule has 0 unspecified atom stereocenters. The highest BCUT2D eigenvalue weighted by molar-refractivity contribution is 7.89. The second-order valence-electron chi connectivity index (χ2n) is 4.51. The van der Waals surface area contributed by atoms with Gasteiger partial charge in [0.2, 0.25) is 0 Å². The maximum absolute atomic E-state index is 11.5. The first-order chi connectivity index (χ1) is 9.24. The van der Waals surface area contributed by atoms with E-state index in [4.69, 9.17) is 4.28 Å². The van der Waals surface area contributed by atoms with Gasteiger partial charge in [-0.05, 0) is 0 Å². The molecule has 0 aromatic carbocycles. The van der Waals surface area contributed by atoms with Crippen LogP contribution in [0.5, 0.6) is 0 Å². The van der Waals surface area contributed by atoms with E-state index in [0.29, 0.717) is 26.1 Å². The number of nitrogens with zero attached hydrogens (tertiary/aromatic N) is 1. The van der Waals surface area contributed by atoms with Crippen LogP contribution < -0.4 is 0 Å². The molecule has 1 aliphatic heterocycles. The van der Waals surface area contributed by atoms with E-state index in [2.05, 4.69) is 17.3 Å². The Morgan fingerprint density at radius 1 is 1.00 bits per heavy atom. The summed E-state index contributed by atoms with van der Waals surface area (Å²) in [4.78, 5) is 0. The molecular formula is C11H20NO6S2+. The molecule has 0 atom stereocenters. The van der Waals surface area contributed by atoms with Crippen molar-refractivity contribution in [1.29, 1.82) is 0 Å². The highest BCUT2D eigenvalue weighted by Gasteiger charge is 2.38. The normalized spacial score (nSPS) is 18.8. The van der Waals surface area contributed by atoms with Crippen molar-refractivity contribution in [3.8, 4) is 0 Å². The van der Waals surface area contributed by atoms with E-state index in [0.717, 1.165) is 23.7 Å². The summed E-state index contributed by atoms with van der Waals surface area (Å²) in [6.07, 6.45) is 2.08. The van der Waals surface area contributed by atoms with E-state index in [-0.39, 0.29) is 11.3 Å². The molecule has 9 heteroatoms. The molecule has 20 heavy (non-hydrogen) atoms. The minimum Gasteiger partial charge on any atom is -0.267 e. The van der Waals surface area contributed by atoms with Crippen molar-refractivity contribution >= 4 is 20.2 Å². The molecule has 0 radical (unpaired) electrons. The number of quaternary nitrogens is 1. The highest BCUT2D eigenvalue weighted by atomic mass is 32.2. The van der Waals surface area contributed by atoms with Crippen molar-refractivity contribution in [3.05, 3.63) is 24.0 Å². The molecule has 1 aliphatic rings. The fraction of sp³-hybridized carbons (Fsp3) is 0.636. The van der Waals surface area contributed by atoms with Crippen molar-refractivity contribution in [2.45, 2.75) is 19.3 Å². The van der Waals surface area contributed by atoms with Crippen LogP contribution in [0.4, 0.5) is 0 Å². The third-order valence-corrected chi connectivity index (χ3v) is 4.84. The van der Waals surface area contributed by atoms with Crippen molar-refractivity contribution in [2.75, 3.05) is 26.2 Å². The van der Waals surface area contributed by atoms with Gasteiger partial charge < -0.3 is 0 Å². The van der Waals surface area contributed by atoms with Gasteiger partial charge in [-0.2, -0.15) is 21.5 Å². The Kier molecular flexibility index (Phi) is 5.90. The lowest BCUT2D eigenvalue weighted by molar-refractivity contribution is -1.07. The third kappa shape index (κ3) is 5.33. The molecule has 0 bridgehead atoms. The van der Waals surface area contributed by atoms with E-state index in [1.807, 2.05) is 0 Å². The summed E-state index contributed by atoms with van der Waals surface area (Å²) in [6.45, 7) is 7.80. The molecule has 0 amide bonds. The van der Waals surface area contributed by atoms with Gasteiger partial charge >= 0.3 is 10.1 Å². The summed E-state index contributed by atoms with van der Waals surface area (Å²) in [5.41, 5.74) is 0. The van der Waals surface area contributed by atoms with E-state index in [9.17, 15) is 16.8 Å². The van der Waals surface area contributed by atoms with Crippen LogP contribution in [0.2, 0.25) is 0 Å². The summed E-state index contributed by atoms with van der Waals surface area (Å²) < 4.78 is 54.9. The van der Waals surface area contributed by atoms with E-state index in [1.165, 1.54) is 0 Å². The number of hydrogen-bond donors (Lipinski definition) is 0. The van der Waals surface area contributed by atoms with Crippen LogP contribution in [0.25, 0.3) is 0 Å². The van der Waals surface area contributed by atoms with Gasteiger partial charge in [0.25, 0.3) is 10.1 Å². The maximum atomic E-state index is 11.5. The molecule has 1 saturated heterocycles. The van der Waals surface area contributed by atoms with Gasteiger partial charge in [0, 0.05) is 19.3 Å². The Hall–Kier alpha value is -0.740. The first-order valence-corrected chi connectivity index (χ1v) is 9.15. The highest BCUT2D eigenvalue weighted by Crippen LogP contribution is 2.23. The zero-order valence-corrected chi connectivity index (χ0v) is 12.9. The lowest BCUT2D eigenvalue weighted by Crippen LogP contribution is -2.47. The first kappa shape index (κ1) is 17.3. The van der Waals surface area contributed by atoms with Crippen LogP contribution in [0.3, 0.4) is 0 Å². The van der Waals surface area contributed by atoms with Gasteiger partial charge in [-0.3, -0.25) is 4.18 Å². The summed E-state index contributed by atoms with van der Waals surface area (Å²) in [7, 11) is -7.46. The fourth-order valence-corrected chi connectivity index (χ4v) is 3.25. The maximum Gasteiger partial charge on any atom is 0.335 e. The van der Waals surface area contributed by atoms with Crippen molar-refractivity contribution in [1.82, 2.24) is 0 Å². The molecule has 1 fully saturated rings. The quantitative estimate of drug-likeness (QED) is 0.355. The van der Waals surface area contributed by atoms with Gasteiger partial charge in [0.15, 0.2) is 0 Å². The molecular weight excluding hydrogens is 306 g/mol. The van der Waals surface area contributed by atoms with Crippen LogP contribution in [-0.4, -0.2) is 47.7 Å². The topological polar surface area (TPSA) is 86.7 Å². The predicted molar refractivity (Wildman–Crippen MR) is 74.0 cm³/mol. The van der Waals surface area contributed by atoms with Crippen LogP contribution in [0, 0.1) is 0 Å². The monoisotopic (exact) mass is 326 g/mol. The fourth-order valence-electron chi connectivity index (χ4n) is 2.07. The molecule has 1 rings (SSSR count). The zero-order chi connectivity index (χ0) is 15.3. The first-order valence-electron chi connectivity index (χ1n) is 6.21. The average Bonchev–Trinajstić information content (AvgIpc) is 2.83. The lowest BCUT2D eigenvalue weighted by Gasteiger charge is -2.28. The molecule has 1 heterocycles. The molecule has 0 spiro atoms. The van der Waals surface area contributed by atoms with Crippen LogP contribution in [0.1, 0.15) is 19.3 Å². The Morgan fingerprint density at radius 3 is 2.05 bits per heavy atom. The summed E-state index contributed by atoms with van der Waals surface area (Å²) in [5, 5.41) is 1.50. The standard InChI is InChI=1S/C11H20NO6S2/c1-3-19(13,14)17-11-7-10-12(8-5-6-9-12)18-20(15,16)4-2/h3-4H,1-2,5-11H2/q+1. The minimum atomic E-state index is -3.77. The van der Waals surface area contributed by atoms with Crippen molar-refractivity contribution in [2.24, 2.45) is 0 Å². The second kappa shape index (κ2) is 6.81. The summed E-state index contributed by atoms with van der Waals surface area (Å²) in [6, 6.07) is 0. The predicted octanol–water partition coefficient (Wildman–Crippen LogP) is 0.882. The number of hydroxylamine groups is 3. The van der Waals surface area contributed by atoms with Crippen molar-refractivity contribution in [3.63, 3.8) is 0 Å². The van der Waals surface area contributed by atoms with E-state index >= 15 is 0 Å². The Bertz CT molecular complexity index is 545. The van der Waals surface area contributed by atoms with Gasteiger partial charge in [0.1, 0.15) is 19.6 Å². The molecule has 7 nitrogen and oxygen atoms in total. The number of rotatable bonds is 9. The largest absolute Gasteiger partial charge is 0.335 e. The molecule has 0 aromatic rings. The molecule has 0 aliphatic carbocycles. The van der Waals surface area contributed by atoms with Crippen LogP contribution >= 0.6 is 0 Å². The zero-order valence-electron chi connectivity index (χ0n) is 11.2. The second-order valence-corrected chi connectivity index (χ2v) is 7.53. The minimum absolute atomic E-state index is 0.0359. The lowest BCUT2D eigenvalue weighted by atomic mass is 10.4. The molecule has 116 valence electrons. The Balaban J connectivity index is 2.56. The Labute approximate surface area is 120 Å². The van der Waals surface area contributed by atoms with Gasteiger partial charge in [0.05, 0.1) is 17.4 Å². The third-order valence-electron chi connectivity index (χ3n) is 3.01. The molecule has 0 N–H and O–H groups in total. The van der Waals surface area contributed by atoms with Gasteiger partial charge in [-0.15, -0.1) is 0 Å². The van der Waals surface area contributed by atoms with Crippen molar-refractivity contribution < 1.29 is 29.9 Å². The van der Waals surface area contributed by atoms with Crippen LogP contribution in [0.15, 0.2) is 24.0 Å². The average molecular weight is 326 g/mol.